The first-order chi connectivity index (χ1) is 8.80. The number of ether oxygens (including phenoxy) is 1. The monoisotopic (exact) mass is 269 g/mol. The van der Waals surface area contributed by atoms with E-state index in [2.05, 4.69) is 17.6 Å². The molecule has 2 fully saturated rings. The second-order valence-electron chi connectivity index (χ2n) is 6.92. The van der Waals surface area contributed by atoms with Crippen LogP contribution in [-0.4, -0.2) is 54.4 Å². The van der Waals surface area contributed by atoms with Gasteiger partial charge in [-0.2, -0.15) is 0 Å². The molecule has 2 rings (SSSR count). The number of carbonyl (C=O) groups is 1. The largest absolute Gasteiger partial charge is 0.368 e. The van der Waals surface area contributed by atoms with Crippen LogP contribution in [-0.2, 0) is 4.74 Å². The Bertz CT molecular complexity index is 332. The summed E-state index contributed by atoms with van der Waals surface area (Å²) in [4.78, 5) is 14.3. The van der Waals surface area contributed by atoms with Crippen molar-refractivity contribution in [3.8, 4) is 0 Å². The van der Waals surface area contributed by atoms with Gasteiger partial charge in [0.05, 0.1) is 18.2 Å². The first kappa shape index (κ1) is 14.6. The number of morpholine rings is 1. The van der Waals surface area contributed by atoms with Crippen molar-refractivity contribution in [2.45, 2.75) is 57.8 Å². The molecule has 19 heavy (non-hydrogen) atoms. The molecular formula is C14H27N3O2. The van der Waals surface area contributed by atoms with Crippen molar-refractivity contribution in [1.29, 1.82) is 0 Å². The number of nitrogens with zero attached hydrogens (tertiary/aromatic N) is 1. The predicted octanol–water partition coefficient (Wildman–Crippen LogP) is 1.34. The van der Waals surface area contributed by atoms with E-state index in [9.17, 15) is 4.79 Å². The Kier molecular flexibility index (Phi) is 4.06. The van der Waals surface area contributed by atoms with Crippen LogP contribution < -0.4 is 10.6 Å². The Balaban J connectivity index is 2.03. The molecular weight excluding hydrogens is 242 g/mol. The third kappa shape index (κ3) is 3.83. The van der Waals surface area contributed by atoms with Gasteiger partial charge in [-0.1, -0.05) is 0 Å². The molecule has 2 N–H and O–H groups in total. The van der Waals surface area contributed by atoms with E-state index in [4.69, 9.17) is 4.74 Å². The minimum atomic E-state index is -0.195. The lowest BCUT2D eigenvalue weighted by atomic mass is 9.89. The third-order valence-corrected chi connectivity index (χ3v) is 3.69. The molecule has 1 atom stereocenters. The third-order valence-electron chi connectivity index (χ3n) is 3.69. The predicted molar refractivity (Wildman–Crippen MR) is 75.2 cm³/mol. The molecule has 0 radical (unpaired) electrons. The summed E-state index contributed by atoms with van der Waals surface area (Å²) in [7, 11) is 0. The Morgan fingerprint density at radius 2 is 2.00 bits per heavy atom. The molecule has 2 saturated heterocycles. The molecule has 2 amide bonds. The van der Waals surface area contributed by atoms with Gasteiger partial charge in [-0.15, -0.1) is 0 Å². The maximum Gasteiger partial charge on any atom is 0.317 e. The Morgan fingerprint density at radius 1 is 1.37 bits per heavy atom. The fraction of sp³-hybridized carbons (Fsp3) is 0.929. The molecule has 0 aromatic heterocycles. The average molecular weight is 269 g/mol. The van der Waals surface area contributed by atoms with E-state index in [-0.39, 0.29) is 23.3 Å². The second-order valence-corrected chi connectivity index (χ2v) is 6.92. The maximum atomic E-state index is 12.3. The molecule has 0 aromatic carbocycles. The zero-order valence-electron chi connectivity index (χ0n) is 12.6. The summed E-state index contributed by atoms with van der Waals surface area (Å²) < 4.78 is 6.16. The lowest BCUT2D eigenvalue weighted by molar-refractivity contribution is -0.150. The van der Waals surface area contributed by atoms with Crippen molar-refractivity contribution >= 4 is 6.03 Å². The maximum absolute atomic E-state index is 12.3. The van der Waals surface area contributed by atoms with E-state index in [1.54, 1.807) is 0 Å². The highest BCUT2D eigenvalue weighted by Gasteiger charge is 2.42. The summed E-state index contributed by atoms with van der Waals surface area (Å²) in [6, 6.07) is 0.0283. The molecule has 1 spiro atoms. The number of rotatable bonds is 0. The Hall–Kier alpha value is -0.810. The van der Waals surface area contributed by atoms with Gasteiger partial charge in [0.15, 0.2) is 0 Å². The van der Waals surface area contributed by atoms with Crippen LogP contribution in [0.2, 0.25) is 0 Å². The number of hydrogen-bond donors (Lipinski definition) is 2. The number of carbonyl (C=O) groups excluding carboxylic acids is 1. The molecule has 2 aliphatic heterocycles. The molecule has 5 nitrogen and oxygen atoms in total. The molecule has 0 saturated carbocycles. The van der Waals surface area contributed by atoms with Crippen molar-refractivity contribution in [3.63, 3.8) is 0 Å². The van der Waals surface area contributed by atoms with E-state index in [0.29, 0.717) is 13.1 Å². The van der Waals surface area contributed by atoms with E-state index < -0.39 is 0 Å². The van der Waals surface area contributed by atoms with Crippen LogP contribution in [0.4, 0.5) is 4.79 Å². The van der Waals surface area contributed by atoms with E-state index in [1.807, 2.05) is 25.7 Å². The van der Waals surface area contributed by atoms with Crippen molar-refractivity contribution in [2.24, 2.45) is 0 Å². The Morgan fingerprint density at radius 3 is 2.58 bits per heavy atom. The van der Waals surface area contributed by atoms with Gasteiger partial charge in [0.25, 0.3) is 0 Å². The van der Waals surface area contributed by atoms with Gasteiger partial charge in [-0.05, 0) is 53.6 Å². The van der Waals surface area contributed by atoms with Gasteiger partial charge in [-0.3, -0.25) is 0 Å². The Labute approximate surface area is 116 Å². The second kappa shape index (κ2) is 5.29. The first-order valence-electron chi connectivity index (χ1n) is 7.25. The average Bonchev–Trinajstić information content (AvgIpc) is 2.26. The molecule has 0 aliphatic carbocycles. The number of urea groups is 1. The normalized spacial score (nSPS) is 27.4. The SMILES string of the molecule is CC1CN(C(=O)NC(C)(C)C)CC2(CCNCC2)O1. The van der Waals surface area contributed by atoms with Gasteiger partial charge in [0, 0.05) is 12.1 Å². The smallest absolute Gasteiger partial charge is 0.317 e. The van der Waals surface area contributed by atoms with Gasteiger partial charge in [0.1, 0.15) is 0 Å². The van der Waals surface area contributed by atoms with Crippen LogP contribution in [0.5, 0.6) is 0 Å². The molecule has 1 unspecified atom stereocenters. The molecule has 0 aromatic rings. The van der Waals surface area contributed by atoms with Gasteiger partial charge in [0.2, 0.25) is 0 Å². The zero-order chi connectivity index (χ0) is 14.1. The summed E-state index contributed by atoms with van der Waals surface area (Å²) in [5, 5.41) is 6.40. The molecule has 5 heteroatoms. The van der Waals surface area contributed by atoms with Gasteiger partial charge in [-0.25, -0.2) is 4.79 Å². The highest BCUT2D eigenvalue weighted by atomic mass is 16.5. The fourth-order valence-corrected chi connectivity index (χ4v) is 2.94. The van der Waals surface area contributed by atoms with Crippen LogP contribution >= 0.6 is 0 Å². The minimum Gasteiger partial charge on any atom is -0.368 e. The number of amides is 2. The van der Waals surface area contributed by atoms with Gasteiger partial charge < -0.3 is 20.3 Å². The standard InChI is InChI=1S/C14H27N3O2/c1-11-9-17(12(18)16-13(2,3)4)10-14(19-11)5-7-15-8-6-14/h11,15H,5-10H2,1-4H3,(H,16,18). The van der Waals surface area contributed by atoms with Crippen LogP contribution in [0.25, 0.3) is 0 Å². The molecule has 2 heterocycles. The van der Waals surface area contributed by atoms with Crippen molar-refractivity contribution in [3.05, 3.63) is 0 Å². The molecule has 110 valence electrons. The van der Waals surface area contributed by atoms with E-state index in [0.717, 1.165) is 25.9 Å². The zero-order valence-corrected chi connectivity index (χ0v) is 12.6. The van der Waals surface area contributed by atoms with Crippen molar-refractivity contribution < 1.29 is 9.53 Å². The van der Waals surface area contributed by atoms with Crippen LogP contribution in [0.1, 0.15) is 40.5 Å². The summed E-state index contributed by atoms with van der Waals surface area (Å²) in [6.45, 7) is 11.4. The summed E-state index contributed by atoms with van der Waals surface area (Å²) in [5.41, 5.74) is -0.335. The van der Waals surface area contributed by atoms with Crippen LogP contribution in [0.3, 0.4) is 0 Å². The van der Waals surface area contributed by atoms with Crippen molar-refractivity contribution in [2.75, 3.05) is 26.2 Å². The van der Waals surface area contributed by atoms with Crippen LogP contribution in [0.15, 0.2) is 0 Å². The first-order valence-corrected chi connectivity index (χ1v) is 7.25. The highest BCUT2D eigenvalue weighted by molar-refractivity contribution is 5.75. The topological polar surface area (TPSA) is 53.6 Å². The lowest BCUT2D eigenvalue weighted by Gasteiger charge is -2.48. The molecule has 2 aliphatic rings. The quantitative estimate of drug-likeness (QED) is 0.698. The number of hydrogen-bond acceptors (Lipinski definition) is 3. The van der Waals surface area contributed by atoms with Crippen LogP contribution in [0, 0.1) is 0 Å². The fourth-order valence-electron chi connectivity index (χ4n) is 2.94. The summed E-state index contributed by atoms with van der Waals surface area (Å²) >= 11 is 0. The van der Waals surface area contributed by atoms with E-state index in [1.165, 1.54) is 0 Å². The highest BCUT2D eigenvalue weighted by Crippen LogP contribution is 2.30. The summed E-state index contributed by atoms with van der Waals surface area (Å²) in [6.07, 6.45) is 2.07. The van der Waals surface area contributed by atoms with Gasteiger partial charge >= 0.3 is 6.03 Å². The lowest BCUT2D eigenvalue weighted by Crippen LogP contribution is -2.62. The summed E-state index contributed by atoms with van der Waals surface area (Å²) in [5.74, 6) is 0. The van der Waals surface area contributed by atoms with E-state index >= 15 is 0 Å². The molecule has 0 bridgehead atoms. The number of nitrogens with one attached hydrogen (secondary N) is 2. The van der Waals surface area contributed by atoms with Crippen molar-refractivity contribution in [1.82, 2.24) is 15.5 Å². The minimum absolute atomic E-state index is 0.0283. The number of piperidine rings is 1.